The smallest absolute Gasteiger partial charge is 0.224 e. The quantitative estimate of drug-likeness (QED) is 0.664. The van der Waals surface area contributed by atoms with Gasteiger partial charge < -0.3 is 4.90 Å². The molecule has 1 aliphatic carbocycles. The van der Waals surface area contributed by atoms with Crippen molar-refractivity contribution in [3.05, 3.63) is 53.6 Å². The molecule has 1 unspecified atom stereocenters. The summed E-state index contributed by atoms with van der Waals surface area (Å²) in [7, 11) is 0. The van der Waals surface area contributed by atoms with E-state index in [9.17, 15) is 4.79 Å². The van der Waals surface area contributed by atoms with Crippen LogP contribution in [0.1, 0.15) is 42.8 Å². The molecule has 0 saturated carbocycles. The Bertz CT molecular complexity index is 1060. The van der Waals surface area contributed by atoms with Crippen LogP contribution in [0.25, 0.3) is 11.4 Å². The van der Waals surface area contributed by atoms with Crippen molar-refractivity contribution in [2.45, 2.75) is 51.0 Å². The molecule has 0 bridgehead atoms. The van der Waals surface area contributed by atoms with Crippen LogP contribution in [0.4, 0.5) is 0 Å². The molecule has 5 rings (SSSR count). The lowest BCUT2D eigenvalue weighted by Crippen LogP contribution is -2.48. The van der Waals surface area contributed by atoms with Crippen molar-refractivity contribution in [3.8, 4) is 11.4 Å². The normalized spacial score (nSPS) is 20.5. The Balaban J connectivity index is 1.36. The standard InChI is InChI=1S/C22H25N7O/c1-16-25-26-27-29(16)13-9-19(30)28-12-5-10-22(15-28)11-8-18-14-23-21(24-20(18)22)17-6-3-2-4-7-17/h2-4,6-7,14H,5,8-13,15H2,1H3. The van der Waals surface area contributed by atoms with Crippen molar-refractivity contribution in [2.24, 2.45) is 0 Å². The van der Waals surface area contributed by atoms with Crippen LogP contribution in [0.5, 0.6) is 0 Å². The molecule has 1 aliphatic heterocycles. The number of benzene rings is 1. The number of rotatable bonds is 4. The summed E-state index contributed by atoms with van der Waals surface area (Å²) in [6.45, 7) is 3.90. The molecule has 1 amide bonds. The third kappa shape index (κ3) is 3.36. The molecule has 1 saturated heterocycles. The summed E-state index contributed by atoms with van der Waals surface area (Å²) in [5.74, 6) is 1.66. The van der Waals surface area contributed by atoms with E-state index in [0.29, 0.717) is 13.0 Å². The molecule has 1 spiro atoms. The lowest BCUT2D eigenvalue weighted by molar-refractivity contribution is -0.133. The largest absolute Gasteiger partial charge is 0.342 e. The molecule has 1 fully saturated rings. The van der Waals surface area contributed by atoms with Gasteiger partial charge >= 0.3 is 0 Å². The molecule has 30 heavy (non-hydrogen) atoms. The third-order valence-electron chi connectivity index (χ3n) is 6.45. The Kier molecular flexibility index (Phi) is 4.77. The molecular formula is C22H25N7O. The maximum atomic E-state index is 13.0. The topological polar surface area (TPSA) is 89.7 Å². The molecule has 2 aliphatic rings. The zero-order valence-electron chi connectivity index (χ0n) is 17.2. The van der Waals surface area contributed by atoms with Crippen LogP contribution in [-0.4, -0.2) is 54.1 Å². The predicted molar refractivity (Wildman–Crippen MR) is 110 cm³/mol. The predicted octanol–water partition coefficient (Wildman–Crippen LogP) is 2.34. The summed E-state index contributed by atoms with van der Waals surface area (Å²) in [5, 5.41) is 11.5. The summed E-state index contributed by atoms with van der Waals surface area (Å²) in [6.07, 6.45) is 6.48. The highest BCUT2D eigenvalue weighted by Gasteiger charge is 2.44. The summed E-state index contributed by atoms with van der Waals surface area (Å²) in [4.78, 5) is 24.6. The number of nitrogens with zero attached hydrogens (tertiary/aromatic N) is 7. The van der Waals surface area contributed by atoms with Crippen LogP contribution in [0.15, 0.2) is 36.5 Å². The number of piperidine rings is 1. The van der Waals surface area contributed by atoms with E-state index in [1.54, 1.807) is 4.68 Å². The lowest BCUT2D eigenvalue weighted by Gasteiger charge is -2.40. The minimum Gasteiger partial charge on any atom is -0.342 e. The fourth-order valence-corrected chi connectivity index (χ4v) is 4.83. The van der Waals surface area contributed by atoms with Crippen molar-refractivity contribution < 1.29 is 4.79 Å². The second kappa shape index (κ2) is 7.59. The number of carbonyl (C=O) groups excluding carboxylic acids is 1. The van der Waals surface area contributed by atoms with Crippen LogP contribution >= 0.6 is 0 Å². The number of aromatic nitrogens is 6. The first kappa shape index (κ1) is 18.8. The number of tetrazole rings is 1. The van der Waals surface area contributed by atoms with Crippen molar-refractivity contribution in [1.29, 1.82) is 0 Å². The molecule has 154 valence electrons. The number of fused-ring (bicyclic) bond motifs is 2. The first-order chi connectivity index (χ1) is 14.6. The van der Waals surface area contributed by atoms with Gasteiger partial charge in [0.05, 0.1) is 12.2 Å². The Labute approximate surface area is 175 Å². The Morgan fingerprint density at radius 2 is 2.07 bits per heavy atom. The Morgan fingerprint density at radius 1 is 1.20 bits per heavy atom. The van der Waals surface area contributed by atoms with E-state index in [4.69, 9.17) is 4.98 Å². The Hall–Kier alpha value is -3.16. The second-order valence-corrected chi connectivity index (χ2v) is 8.33. The first-order valence-corrected chi connectivity index (χ1v) is 10.6. The minimum atomic E-state index is -0.0551. The van der Waals surface area contributed by atoms with E-state index in [1.165, 1.54) is 5.56 Å². The van der Waals surface area contributed by atoms with Crippen molar-refractivity contribution in [1.82, 2.24) is 35.1 Å². The second-order valence-electron chi connectivity index (χ2n) is 8.33. The van der Waals surface area contributed by atoms with Gasteiger partial charge in [-0.1, -0.05) is 30.3 Å². The molecule has 3 heterocycles. The van der Waals surface area contributed by atoms with Crippen LogP contribution in [0.3, 0.4) is 0 Å². The van der Waals surface area contributed by atoms with Gasteiger partial charge in [0, 0.05) is 36.7 Å². The molecule has 2 aromatic heterocycles. The van der Waals surface area contributed by atoms with Crippen LogP contribution in [-0.2, 0) is 23.2 Å². The number of hydrogen-bond acceptors (Lipinski definition) is 6. The maximum absolute atomic E-state index is 13.0. The fraction of sp³-hybridized carbons (Fsp3) is 0.455. The summed E-state index contributed by atoms with van der Waals surface area (Å²) < 4.78 is 1.68. The monoisotopic (exact) mass is 403 g/mol. The molecule has 1 aromatic carbocycles. The first-order valence-electron chi connectivity index (χ1n) is 10.6. The molecule has 1 atom stereocenters. The van der Waals surface area contributed by atoms with Crippen LogP contribution in [0, 0.1) is 6.92 Å². The van der Waals surface area contributed by atoms with Crippen molar-refractivity contribution in [3.63, 3.8) is 0 Å². The van der Waals surface area contributed by atoms with Gasteiger partial charge in [-0.05, 0) is 48.6 Å². The van der Waals surface area contributed by atoms with Gasteiger partial charge in [0.1, 0.15) is 5.82 Å². The fourth-order valence-electron chi connectivity index (χ4n) is 4.83. The number of likely N-dealkylation sites (tertiary alicyclic amines) is 1. The number of aryl methyl sites for hydroxylation is 3. The SMILES string of the molecule is Cc1nnnn1CCC(=O)N1CCCC2(CCc3cnc(-c4ccccc4)nc32)C1. The number of amides is 1. The maximum Gasteiger partial charge on any atom is 0.224 e. The van der Waals surface area contributed by atoms with Crippen LogP contribution < -0.4 is 0 Å². The average molecular weight is 403 g/mol. The number of hydrogen-bond donors (Lipinski definition) is 0. The molecule has 0 N–H and O–H groups in total. The van der Waals surface area contributed by atoms with Gasteiger partial charge in [0.2, 0.25) is 5.91 Å². The van der Waals surface area contributed by atoms with E-state index >= 15 is 0 Å². The Morgan fingerprint density at radius 3 is 2.87 bits per heavy atom. The zero-order chi connectivity index (χ0) is 20.6. The van der Waals surface area contributed by atoms with Gasteiger partial charge in [-0.2, -0.15) is 0 Å². The molecule has 0 radical (unpaired) electrons. The zero-order valence-corrected chi connectivity index (χ0v) is 17.2. The third-order valence-corrected chi connectivity index (χ3v) is 6.45. The average Bonchev–Trinajstić information content (AvgIpc) is 3.36. The lowest BCUT2D eigenvalue weighted by atomic mass is 9.77. The highest BCUT2D eigenvalue weighted by Crippen LogP contribution is 2.44. The summed E-state index contributed by atoms with van der Waals surface area (Å²) in [5.41, 5.74) is 3.35. The van der Waals surface area contributed by atoms with Crippen LogP contribution in [0.2, 0.25) is 0 Å². The van der Waals surface area contributed by atoms with E-state index in [-0.39, 0.29) is 11.3 Å². The molecule has 8 nitrogen and oxygen atoms in total. The molecule has 3 aromatic rings. The van der Waals surface area contributed by atoms with Gasteiger partial charge in [-0.25, -0.2) is 14.6 Å². The summed E-state index contributed by atoms with van der Waals surface area (Å²) >= 11 is 0. The van der Waals surface area contributed by atoms with Gasteiger partial charge in [-0.3, -0.25) is 4.79 Å². The highest BCUT2D eigenvalue weighted by molar-refractivity contribution is 5.76. The van der Waals surface area contributed by atoms with Gasteiger partial charge in [0.15, 0.2) is 5.82 Å². The van der Waals surface area contributed by atoms with E-state index in [0.717, 1.165) is 61.7 Å². The molecular weight excluding hydrogens is 378 g/mol. The van der Waals surface area contributed by atoms with E-state index < -0.39 is 0 Å². The van der Waals surface area contributed by atoms with Gasteiger partial charge in [0.25, 0.3) is 0 Å². The van der Waals surface area contributed by atoms with Crippen molar-refractivity contribution in [2.75, 3.05) is 13.1 Å². The highest BCUT2D eigenvalue weighted by atomic mass is 16.2. The number of carbonyl (C=O) groups is 1. The van der Waals surface area contributed by atoms with E-state index in [1.807, 2.05) is 48.4 Å². The minimum absolute atomic E-state index is 0.0551. The van der Waals surface area contributed by atoms with Crippen molar-refractivity contribution >= 4 is 5.91 Å². The van der Waals surface area contributed by atoms with Gasteiger partial charge in [-0.15, -0.1) is 5.10 Å². The summed E-state index contributed by atoms with van der Waals surface area (Å²) in [6, 6.07) is 10.1. The molecule has 8 heteroatoms. The van der Waals surface area contributed by atoms with E-state index in [2.05, 4.69) is 20.5 Å².